The fourth-order valence-corrected chi connectivity index (χ4v) is 5.70. The first-order chi connectivity index (χ1) is 20.2. The highest BCUT2D eigenvalue weighted by Gasteiger charge is 2.27. The number of piperidine rings is 1. The molecule has 1 fully saturated rings. The van der Waals surface area contributed by atoms with Crippen LogP contribution in [0.15, 0.2) is 84.9 Å². The molecule has 0 spiro atoms. The maximum atomic E-state index is 13.1. The molecule has 0 unspecified atom stereocenters. The molecule has 41 heavy (non-hydrogen) atoms. The van der Waals surface area contributed by atoms with Gasteiger partial charge in [-0.05, 0) is 61.5 Å². The van der Waals surface area contributed by atoms with Crippen LogP contribution in [0, 0.1) is 5.92 Å². The number of benzene rings is 3. The van der Waals surface area contributed by atoms with Gasteiger partial charge in [0.25, 0.3) is 5.91 Å². The van der Waals surface area contributed by atoms with E-state index in [-0.39, 0.29) is 18.0 Å². The summed E-state index contributed by atoms with van der Waals surface area (Å²) in [6, 6.07) is 28.6. The minimum absolute atomic E-state index is 0.147. The fraction of sp³-hybridized carbons (Fsp3) is 0.429. The standard InChI is InChI=1S/C35H46N4O2/c1-2-3-4-5-6-15-24-36-35(41)38-32-21-14-13-20-31(32)34(40)37-27-28-22-25-39(26-23-28)33(29-16-9-7-10-17-29)30-18-11-8-12-19-30/h7-14,16-21,28,33H,2-6,15,22-27H2,1H3,(H,37,40)(H2,36,38,41). The van der Waals surface area contributed by atoms with Gasteiger partial charge in [-0.15, -0.1) is 0 Å². The monoisotopic (exact) mass is 554 g/mol. The van der Waals surface area contributed by atoms with E-state index in [0.29, 0.717) is 30.3 Å². The van der Waals surface area contributed by atoms with Gasteiger partial charge in [-0.25, -0.2) is 4.79 Å². The van der Waals surface area contributed by atoms with E-state index in [4.69, 9.17) is 0 Å². The van der Waals surface area contributed by atoms with Gasteiger partial charge >= 0.3 is 6.03 Å². The minimum Gasteiger partial charge on any atom is -0.352 e. The zero-order valence-corrected chi connectivity index (χ0v) is 24.5. The Labute approximate surface area is 245 Å². The largest absolute Gasteiger partial charge is 0.352 e. The van der Waals surface area contributed by atoms with Gasteiger partial charge in [0.15, 0.2) is 0 Å². The maximum Gasteiger partial charge on any atom is 0.319 e. The van der Waals surface area contributed by atoms with Crippen molar-refractivity contribution in [2.75, 3.05) is 31.5 Å². The quantitative estimate of drug-likeness (QED) is 0.182. The maximum absolute atomic E-state index is 13.1. The molecule has 6 nitrogen and oxygen atoms in total. The highest BCUT2D eigenvalue weighted by atomic mass is 16.2. The van der Waals surface area contributed by atoms with Crippen molar-refractivity contribution in [1.82, 2.24) is 15.5 Å². The van der Waals surface area contributed by atoms with Crippen LogP contribution in [0.3, 0.4) is 0 Å². The Bertz CT molecular complexity index is 1150. The number of urea groups is 1. The summed E-state index contributed by atoms with van der Waals surface area (Å²) in [5, 5.41) is 8.93. The van der Waals surface area contributed by atoms with Gasteiger partial charge in [0.05, 0.1) is 17.3 Å². The van der Waals surface area contributed by atoms with Crippen LogP contribution in [0.25, 0.3) is 0 Å². The Morgan fingerprint density at radius 2 is 1.34 bits per heavy atom. The van der Waals surface area contributed by atoms with Crippen LogP contribution < -0.4 is 16.0 Å². The second-order valence-corrected chi connectivity index (χ2v) is 11.1. The molecule has 6 heteroatoms. The molecule has 1 heterocycles. The van der Waals surface area contributed by atoms with Gasteiger partial charge in [-0.1, -0.05) is 112 Å². The first kappa shape index (κ1) is 30.3. The molecule has 0 aromatic heterocycles. The fourth-order valence-electron chi connectivity index (χ4n) is 5.70. The van der Waals surface area contributed by atoms with Crippen molar-refractivity contribution < 1.29 is 9.59 Å². The summed E-state index contributed by atoms with van der Waals surface area (Å²) in [5.41, 5.74) is 3.65. The van der Waals surface area contributed by atoms with Gasteiger partial charge in [-0.3, -0.25) is 9.69 Å². The summed E-state index contributed by atoms with van der Waals surface area (Å²) in [6.07, 6.45) is 9.11. The number of hydrogen-bond donors (Lipinski definition) is 3. The molecule has 0 atom stereocenters. The van der Waals surface area contributed by atoms with E-state index < -0.39 is 0 Å². The second-order valence-electron chi connectivity index (χ2n) is 11.1. The van der Waals surface area contributed by atoms with Gasteiger partial charge < -0.3 is 16.0 Å². The smallest absolute Gasteiger partial charge is 0.319 e. The Hall–Kier alpha value is -3.64. The van der Waals surface area contributed by atoms with E-state index >= 15 is 0 Å². The van der Waals surface area contributed by atoms with E-state index in [2.05, 4.69) is 88.4 Å². The highest BCUT2D eigenvalue weighted by Crippen LogP contribution is 2.32. The van der Waals surface area contributed by atoms with Crippen LogP contribution in [0.2, 0.25) is 0 Å². The van der Waals surface area contributed by atoms with E-state index in [0.717, 1.165) is 38.8 Å². The number of likely N-dealkylation sites (tertiary alicyclic amines) is 1. The van der Waals surface area contributed by atoms with Crippen molar-refractivity contribution >= 4 is 17.6 Å². The zero-order valence-electron chi connectivity index (χ0n) is 24.5. The van der Waals surface area contributed by atoms with Crippen LogP contribution >= 0.6 is 0 Å². The molecule has 218 valence electrons. The summed E-state index contributed by atoms with van der Waals surface area (Å²) in [4.78, 5) is 28.1. The minimum atomic E-state index is -0.266. The van der Waals surface area contributed by atoms with E-state index in [1.54, 1.807) is 12.1 Å². The molecule has 3 aromatic carbocycles. The zero-order chi connectivity index (χ0) is 28.7. The number of anilines is 1. The lowest BCUT2D eigenvalue weighted by atomic mass is 9.91. The molecule has 0 radical (unpaired) electrons. The van der Waals surface area contributed by atoms with Gasteiger partial charge in [-0.2, -0.15) is 0 Å². The Morgan fingerprint density at radius 1 is 0.756 bits per heavy atom. The molecule has 1 saturated heterocycles. The van der Waals surface area contributed by atoms with E-state index in [1.807, 2.05) is 12.1 Å². The molecule has 3 amide bonds. The van der Waals surface area contributed by atoms with Crippen LogP contribution in [0.1, 0.15) is 85.8 Å². The van der Waals surface area contributed by atoms with Crippen LogP contribution in [-0.2, 0) is 0 Å². The van der Waals surface area contributed by atoms with E-state index in [1.165, 1.54) is 36.8 Å². The van der Waals surface area contributed by atoms with Crippen LogP contribution in [0.4, 0.5) is 10.5 Å². The molecule has 1 aliphatic rings. The third-order valence-electron chi connectivity index (χ3n) is 8.03. The van der Waals surface area contributed by atoms with Gasteiger partial charge in [0.2, 0.25) is 0 Å². The average Bonchev–Trinajstić information content (AvgIpc) is 3.01. The number of nitrogens with zero attached hydrogens (tertiary/aromatic N) is 1. The van der Waals surface area contributed by atoms with Crippen LogP contribution in [-0.4, -0.2) is 43.0 Å². The Balaban J connectivity index is 1.24. The summed E-state index contributed by atoms with van der Waals surface area (Å²) in [5.74, 6) is 0.272. The summed E-state index contributed by atoms with van der Waals surface area (Å²) >= 11 is 0. The molecule has 0 saturated carbocycles. The lowest BCUT2D eigenvalue weighted by Crippen LogP contribution is -2.40. The van der Waals surface area contributed by atoms with Crippen molar-refractivity contribution in [2.24, 2.45) is 5.92 Å². The molecule has 1 aliphatic heterocycles. The van der Waals surface area contributed by atoms with Crippen molar-refractivity contribution in [3.63, 3.8) is 0 Å². The van der Waals surface area contributed by atoms with Crippen molar-refractivity contribution in [3.8, 4) is 0 Å². The summed E-state index contributed by atoms with van der Waals surface area (Å²) < 4.78 is 0. The summed E-state index contributed by atoms with van der Waals surface area (Å²) in [7, 11) is 0. The number of unbranched alkanes of at least 4 members (excludes halogenated alkanes) is 5. The molecule has 0 aliphatic carbocycles. The topological polar surface area (TPSA) is 73.5 Å². The number of para-hydroxylation sites is 1. The lowest BCUT2D eigenvalue weighted by Gasteiger charge is -2.38. The Kier molecular flexibility index (Phi) is 12.3. The van der Waals surface area contributed by atoms with Crippen molar-refractivity contribution in [2.45, 2.75) is 64.3 Å². The molecule has 3 N–H and O–H groups in total. The molecular weight excluding hydrogens is 508 g/mol. The second kappa shape index (κ2) is 16.6. The number of nitrogens with one attached hydrogen (secondary N) is 3. The van der Waals surface area contributed by atoms with Gasteiger partial charge in [0.1, 0.15) is 0 Å². The SMILES string of the molecule is CCCCCCCCNC(=O)Nc1ccccc1C(=O)NCC1CCN(C(c2ccccc2)c2ccccc2)CC1. The van der Waals surface area contributed by atoms with E-state index in [9.17, 15) is 9.59 Å². The summed E-state index contributed by atoms with van der Waals surface area (Å²) in [6.45, 7) is 5.44. The first-order valence-corrected chi connectivity index (χ1v) is 15.4. The number of rotatable bonds is 14. The molecular formula is C35H46N4O2. The normalized spacial score (nSPS) is 14.1. The third-order valence-corrected chi connectivity index (χ3v) is 8.03. The average molecular weight is 555 g/mol. The number of carbonyl (C=O) groups is 2. The van der Waals surface area contributed by atoms with Gasteiger partial charge in [0, 0.05) is 13.1 Å². The number of hydrogen-bond acceptors (Lipinski definition) is 3. The number of carbonyl (C=O) groups excluding carboxylic acids is 2. The first-order valence-electron chi connectivity index (χ1n) is 15.4. The van der Waals surface area contributed by atoms with Crippen LogP contribution in [0.5, 0.6) is 0 Å². The van der Waals surface area contributed by atoms with Crippen molar-refractivity contribution in [1.29, 1.82) is 0 Å². The predicted octanol–water partition coefficient (Wildman–Crippen LogP) is 7.40. The number of amides is 3. The molecule has 0 bridgehead atoms. The third kappa shape index (κ3) is 9.46. The molecule has 4 rings (SSSR count). The lowest BCUT2D eigenvalue weighted by molar-refractivity contribution is 0.0931. The van der Waals surface area contributed by atoms with Crippen molar-refractivity contribution in [3.05, 3.63) is 102 Å². The predicted molar refractivity (Wildman–Crippen MR) is 168 cm³/mol. The highest BCUT2D eigenvalue weighted by molar-refractivity contribution is 6.03. The molecule has 3 aromatic rings. The Morgan fingerprint density at radius 3 is 2.00 bits per heavy atom.